The molecule has 0 radical (unpaired) electrons. The number of ether oxygens (including phenoxy) is 1. The molecule has 1 saturated heterocycles. The maximum Gasteiger partial charge on any atom is 0.280 e. The highest BCUT2D eigenvalue weighted by Crippen LogP contribution is 2.17. The Labute approximate surface area is 118 Å². The fourth-order valence-electron chi connectivity index (χ4n) is 1.90. The largest absolute Gasteiger partial charge is 0.379 e. The molecule has 1 aromatic carbocycles. The lowest BCUT2D eigenvalue weighted by Gasteiger charge is -2.27. The predicted molar refractivity (Wildman–Crippen MR) is 74.3 cm³/mol. The zero-order valence-corrected chi connectivity index (χ0v) is 12.2. The van der Waals surface area contributed by atoms with Crippen molar-refractivity contribution >= 4 is 21.8 Å². The van der Waals surface area contributed by atoms with Gasteiger partial charge in [0.05, 0.1) is 13.2 Å². The maximum absolute atomic E-state index is 12.2. The monoisotopic (exact) mass is 304 g/mol. The van der Waals surface area contributed by atoms with Crippen LogP contribution < -0.4 is 4.72 Å². The molecule has 19 heavy (non-hydrogen) atoms. The minimum Gasteiger partial charge on any atom is -0.379 e. The highest BCUT2D eigenvalue weighted by molar-refractivity contribution is 7.87. The van der Waals surface area contributed by atoms with E-state index in [0.717, 1.165) is 5.56 Å². The fraction of sp³-hybridized carbons (Fsp3) is 0.500. The molecule has 0 amide bonds. The summed E-state index contributed by atoms with van der Waals surface area (Å²) in [6.45, 7) is 3.47. The summed E-state index contributed by atoms with van der Waals surface area (Å²) in [6.07, 6.45) is 0. The molecule has 1 N–H and O–H groups in total. The summed E-state index contributed by atoms with van der Waals surface area (Å²) in [4.78, 5) is 0. The Morgan fingerprint density at radius 2 is 1.84 bits per heavy atom. The van der Waals surface area contributed by atoms with E-state index < -0.39 is 10.2 Å². The lowest BCUT2D eigenvalue weighted by molar-refractivity contribution is 0.0723. The number of hydrogen-bond acceptors (Lipinski definition) is 3. The average Bonchev–Trinajstić information content (AvgIpc) is 2.40. The van der Waals surface area contributed by atoms with Crippen LogP contribution in [0.2, 0.25) is 5.02 Å². The van der Waals surface area contributed by atoms with Gasteiger partial charge in [-0.25, -0.2) is 0 Å². The second kappa shape index (κ2) is 6.19. The summed E-state index contributed by atoms with van der Waals surface area (Å²) < 4.78 is 33.6. The standard InChI is InChI=1S/C12H17ClN2O3S/c1-10(11-2-4-12(13)5-3-11)14-19(16,17)15-6-8-18-9-7-15/h2-5,10,14H,6-9H2,1H3/t10-/m0/s1. The van der Waals surface area contributed by atoms with Crippen molar-refractivity contribution in [1.82, 2.24) is 9.03 Å². The Hall–Kier alpha value is -0.660. The van der Waals surface area contributed by atoms with Crippen LogP contribution in [-0.2, 0) is 14.9 Å². The van der Waals surface area contributed by atoms with Crippen molar-refractivity contribution in [2.45, 2.75) is 13.0 Å². The Kier molecular flexibility index (Phi) is 4.81. The van der Waals surface area contributed by atoms with Crippen molar-refractivity contribution in [1.29, 1.82) is 0 Å². The number of benzene rings is 1. The van der Waals surface area contributed by atoms with Crippen molar-refractivity contribution in [3.63, 3.8) is 0 Å². The third-order valence-electron chi connectivity index (χ3n) is 3.01. The van der Waals surface area contributed by atoms with Gasteiger partial charge in [-0.1, -0.05) is 23.7 Å². The first-order valence-corrected chi connectivity index (χ1v) is 7.91. The van der Waals surface area contributed by atoms with Crippen molar-refractivity contribution in [2.75, 3.05) is 26.3 Å². The highest BCUT2D eigenvalue weighted by Gasteiger charge is 2.25. The predicted octanol–water partition coefficient (Wildman–Crippen LogP) is 1.57. The van der Waals surface area contributed by atoms with E-state index in [-0.39, 0.29) is 6.04 Å². The minimum atomic E-state index is -3.47. The molecule has 5 nitrogen and oxygen atoms in total. The maximum atomic E-state index is 12.2. The molecule has 1 heterocycles. The summed E-state index contributed by atoms with van der Waals surface area (Å²) in [5.74, 6) is 0. The number of nitrogens with one attached hydrogen (secondary N) is 1. The number of nitrogens with zero attached hydrogens (tertiary/aromatic N) is 1. The third kappa shape index (κ3) is 3.90. The molecule has 1 fully saturated rings. The van der Waals surface area contributed by atoms with Crippen molar-refractivity contribution in [3.05, 3.63) is 34.9 Å². The number of hydrogen-bond donors (Lipinski definition) is 1. The quantitative estimate of drug-likeness (QED) is 0.918. The normalized spacial score (nSPS) is 19.3. The van der Waals surface area contributed by atoms with Crippen LogP contribution in [0.15, 0.2) is 24.3 Å². The summed E-state index contributed by atoms with van der Waals surface area (Å²) in [6, 6.07) is 6.82. The lowest BCUT2D eigenvalue weighted by atomic mass is 10.1. The Morgan fingerprint density at radius 1 is 1.26 bits per heavy atom. The van der Waals surface area contributed by atoms with E-state index in [2.05, 4.69) is 4.72 Å². The summed E-state index contributed by atoms with van der Waals surface area (Å²) in [5, 5.41) is 0.631. The van der Waals surface area contributed by atoms with Crippen LogP contribution >= 0.6 is 11.6 Å². The van der Waals surface area contributed by atoms with Crippen LogP contribution in [0.3, 0.4) is 0 Å². The van der Waals surface area contributed by atoms with Gasteiger partial charge in [-0.15, -0.1) is 0 Å². The Morgan fingerprint density at radius 3 is 2.42 bits per heavy atom. The van der Waals surface area contributed by atoms with Crippen molar-refractivity contribution in [2.24, 2.45) is 0 Å². The second-order valence-electron chi connectivity index (χ2n) is 4.41. The van der Waals surface area contributed by atoms with Crippen LogP contribution in [0.4, 0.5) is 0 Å². The summed E-state index contributed by atoms with van der Waals surface area (Å²) in [5.41, 5.74) is 0.876. The SMILES string of the molecule is C[C@H](NS(=O)(=O)N1CCOCC1)c1ccc(Cl)cc1. The first-order chi connectivity index (χ1) is 8.99. The lowest BCUT2D eigenvalue weighted by Crippen LogP contribution is -2.47. The van der Waals surface area contributed by atoms with Gasteiger partial charge in [0.15, 0.2) is 0 Å². The summed E-state index contributed by atoms with van der Waals surface area (Å²) in [7, 11) is -3.47. The molecule has 1 aliphatic rings. The van der Waals surface area contributed by atoms with Gasteiger partial charge in [0, 0.05) is 24.2 Å². The molecule has 1 aliphatic heterocycles. The van der Waals surface area contributed by atoms with E-state index in [1.807, 2.05) is 12.1 Å². The van der Waals surface area contributed by atoms with E-state index >= 15 is 0 Å². The molecular formula is C12H17ClN2O3S. The van der Waals surface area contributed by atoms with Gasteiger partial charge in [-0.2, -0.15) is 17.4 Å². The number of morpholine rings is 1. The molecular weight excluding hydrogens is 288 g/mol. The Balaban J connectivity index is 2.04. The second-order valence-corrected chi connectivity index (χ2v) is 6.55. The molecule has 0 aromatic heterocycles. The van der Waals surface area contributed by atoms with Gasteiger partial charge >= 0.3 is 0 Å². The van der Waals surface area contributed by atoms with E-state index in [4.69, 9.17) is 16.3 Å². The topological polar surface area (TPSA) is 58.6 Å². The molecule has 1 atom stereocenters. The molecule has 0 bridgehead atoms. The average molecular weight is 305 g/mol. The minimum absolute atomic E-state index is 0.301. The Bertz CT molecular complexity index is 512. The zero-order chi connectivity index (χ0) is 13.9. The first kappa shape index (κ1) is 14.7. The van der Waals surface area contributed by atoms with E-state index in [1.54, 1.807) is 19.1 Å². The van der Waals surface area contributed by atoms with Crippen molar-refractivity contribution in [3.8, 4) is 0 Å². The van der Waals surface area contributed by atoms with Crippen LogP contribution in [0.1, 0.15) is 18.5 Å². The number of rotatable bonds is 4. The van der Waals surface area contributed by atoms with Crippen LogP contribution in [0, 0.1) is 0 Å². The van der Waals surface area contributed by atoms with E-state index in [0.29, 0.717) is 31.3 Å². The van der Waals surface area contributed by atoms with Gasteiger partial charge in [-0.3, -0.25) is 0 Å². The van der Waals surface area contributed by atoms with E-state index in [1.165, 1.54) is 4.31 Å². The van der Waals surface area contributed by atoms with Crippen LogP contribution in [0.5, 0.6) is 0 Å². The zero-order valence-electron chi connectivity index (χ0n) is 10.7. The van der Waals surface area contributed by atoms with Gasteiger partial charge in [0.2, 0.25) is 0 Å². The molecule has 2 rings (SSSR count). The van der Waals surface area contributed by atoms with Crippen LogP contribution in [0.25, 0.3) is 0 Å². The van der Waals surface area contributed by atoms with Gasteiger partial charge in [0.1, 0.15) is 0 Å². The van der Waals surface area contributed by atoms with Gasteiger partial charge in [-0.05, 0) is 24.6 Å². The smallest absolute Gasteiger partial charge is 0.280 e. The molecule has 0 spiro atoms. The molecule has 0 saturated carbocycles. The number of halogens is 1. The molecule has 106 valence electrons. The van der Waals surface area contributed by atoms with Crippen molar-refractivity contribution < 1.29 is 13.2 Å². The third-order valence-corrected chi connectivity index (χ3v) is 4.95. The molecule has 0 aliphatic carbocycles. The highest BCUT2D eigenvalue weighted by atomic mass is 35.5. The summed E-state index contributed by atoms with van der Waals surface area (Å²) >= 11 is 5.81. The molecule has 7 heteroatoms. The van der Waals surface area contributed by atoms with Gasteiger partial charge in [0.25, 0.3) is 10.2 Å². The van der Waals surface area contributed by atoms with Crippen LogP contribution in [-0.4, -0.2) is 39.0 Å². The first-order valence-electron chi connectivity index (χ1n) is 6.09. The van der Waals surface area contributed by atoms with Gasteiger partial charge < -0.3 is 4.74 Å². The molecule has 0 unspecified atom stereocenters. The molecule has 1 aromatic rings. The fourth-order valence-corrected chi connectivity index (χ4v) is 3.39. The van der Waals surface area contributed by atoms with E-state index in [9.17, 15) is 8.42 Å².